The second-order valence-electron chi connectivity index (χ2n) is 5.25. The molecule has 106 valence electrons. The molecule has 1 heterocycles. The molecule has 1 unspecified atom stereocenters. The van der Waals surface area contributed by atoms with Crippen molar-refractivity contribution < 1.29 is 4.79 Å². The van der Waals surface area contributed by atoms with E-state index in [1.165, 1.54) is 18.5 Å². The van der Waals surface area contributed by atoms with Gasteiger partial charge < -0.3 is 14.8 Å². The highest BCUT2D eigenvalue weighted by Crippen LogP contribution is 2.27. The molecule has 1 aromatic heterocycles. The summed E-state index contributed by atoms with van der Waals surface area (Å²) >= 11 is 0. The van der Waals surface area contributed by atoms with Gasteiger partial charge in [0.15, 0.2) is 0 Å². The number of amides is 1. The summed E-state index contributed by atoms with van der Waals surface area (Å²) in [4.78, 5) is 14.4. The molecule has 19 heavy (non-hydrogen) atoms. The minimum absolute atomic E-state index is 0.242. The van der Waals surface area contributed by atoms with Crippen LogP contribution >= 0.6 is 0 Å². The van der Waals surface area contributed by atoms with Gasteiger partial charge in [-0.05, 0) is 45.4 Å². The fourth-order valence-corrected chi connectivity index (χ4v) is 2.64. The second kappa shape index (κ2) is 6.24. The molecular formula is C15H25N3O. The topological polar surface area (TPSA) is 37.3 Å². The van der Waals surface area contributed by atoms with Gasteiger partial charge in [0, 0.05) is 30.5 Å². The molecule has 4 heteroatoms. The fourth-order valence-electron chi connectivity index (χ4n) is 2.64. The van der Waals surface area contributed by atoms with Gasteiger partial charge in [-0.25, -0.2) is 0 Å². The van der Waals surface area contributed by atoms with Crippen molar-refractivity contribution in [2.24, 2.45) is 0 Å². The summed E-state index contributed by atoms with van der Waals surface area (Å²) in [6.07, 6.45) is 4.35. The van der Waals surface area contributed by atoms with Gasteiger partial charge in [-0.3, -0.25) is 4.79 Å². The molecule has 0 aliphatic heterocycles. The molecular weight excluding hydrogens is 238 g/mol. The molecule has 0 bridgehead atoms. The summed E-state index contributed by atoms with van der Waals surface area (Å²) < 4.78 is 2.07. The average molecular weight is 263 g/mol. The second-order valence-corrected chi connectivity index (χ2v) is 5.25. The van der Waals surface area contributed by atoms with E-state index in [9.17, 15) is 4.79 Å². The van der Waals surface area contributed by atoms with Crippen LogP contribution in [0.1, 0.15) is 45.3 Å². The number of carbonyl (C=O) groups is 1. The predicted molar refractivity (Wildman–Crippen MR) is 76.9 cm³/mol. The normalized spacial score (nSPS) is 16.4. The number of nitrogens with one attached hydrogen (secondary N) is 1. The first kappa shape index (κ1) is 14.1. The monoisotopic (exact) mass is 263 g/mol. The summed E-state index contributed by atoms with van der Waals surface area (Å²) in [7, 11) is 0. The lowest BCUT2D eigenvalue weighted by molar-refractivity contribution is -0.132. The number of aromatic nitrogens is 1. The van der Waals surface area contributed by atoms with Gasteiger partial charge in [-0.1, -0.05) is 6.92 Å². The highest BCUT2D eigenvalue weighted by atomic mass is 16.2. The van der Waals surface area contributed by atoms with E-state index >= 15 is 0 Å². The van der Waals surface area contributed by atoms with E-state index in [4.69, 9.17) is 0 Å². The molecule has 0 aromatic carbocycles. The summed E-state index contributed by atoms with van der Waals surface area (Å²) in [6, 6.07) is 4.89. The number of hydrogen-bond donors (Lipinski definition) is 1. The van der Waals surface area contributed by atoms with Crippen LogP contribution in [0.15, 0.2) is 18.3 Å². The molecule has 1 N–H and O–H groups in total. The molecule has 1 saturated carbocycles. The SMILES string of the molecule is CCNC(C)c1cccn1CC(=O)N(CC)C1CC1. The van der Waals surface area contributed by atoms with Crippen LogP contribution in [0, 0.1) is 0 Å². The molecule has 2 rings (SSSR count). The van der Waals surface area contributed by atoms with E-state index in [1.807, 2.05) is 17.2 Å². The minimum Gasteiger partial charge on any atom is -0.341 e. The highest BCUT2D eigenvalue weighted by molar-refractivity contribution is 5.76. The summed E-state index contributed by atoms with van der Waals surface area (Å²) in [6.45, 7) is 8.52. The van der Waals surface area contributed by atoms with Crippen molar-refractivity contribution in [1.82, 2.24) is 14.8 Å². The van der Waals surface area contributed by atoms with Crippen LogP contribution in [0.25, 0.3) is 0 Å². The van der Waals surface area contributed by atoms with Crippen molar-refractivity contribution in [1.29, 1.82) is 0 Å². The third kappa shape index (κ3) is 3.38. The molecule has 0 saturated heterocycles. The first-order valence-electron chi connectivity index (χ1n) is 7.35. The zero-order valence-electron chi connectivity index (χ0n) is 12.2. The number of hydrogen-bond acceptors (Lipinski definition) is 2. The Bertz CT molecular complexity index is 423. The van der Waals surface area contributed by atoms with Crippen molar-refractivity contribution in [3.8, 4) is 0 Å². The van der Waals surface area contributed by atoms with Crippen LogP contribution in [-0.4, -0.2) is 34.5 Å². The van der Waals surface area contributed by atoms with E-state index in [2.05, 4.69) is 36.7 Å². The zero-order valence-corrected chi connectivity index (χ0v) is 12.2. The Balaban J connectivity index is 2.02. The molecule has 1 amide bonds. The van der Waals surface area contributed by atoms with Gasteiger partial charge in [0.05, 0.1) is 0 Å². The van der Waals surface area contributed by atoms with E-state index in [0.717, 1.165) is 13.1 Å². The lowest BCUT2D eigenvalue weighted by Gasteiger charge is -2.22. The molecule has 1 fully saturated rings. The Labute approximate surface area is 115 Å². The largest absolute Gasteiger partial charge is 0.341 e. The number of likely N-dealkylation sites (N-methyl/N-ethyl adjacent to an activating group) is 1. The van der Waals surface area contributed by atoms with Crippen molar-refractivity contribution >= 4 is 5.91 Å². The fraction of sp³-hybridized carbons (Fsp3) is 0.667. The van der Waals surface area contributed by atoms with E-state index in [-0.39, 0.29) is 11.9 Å². The molecule has 0 radical (unpaired) electrons. The van der Waals surface area contributed by atoms with Gasteiger partial charge in [0.2, 0.25) is 5.91 Å². The number of rotatable bonds is 7. The van der Waals surface area contributed by atoms with Gasteiger partial charge >= 0.3 is 0 Å². The zero-order chi connectivity index (χ0) is 13.8. The molecule has 0 spiro atoms. The van der Waals surface area contributed by atoms with Crippen LogP contribution in [0.2, 0.25) is 0 Å². The van der Waals surface area contributed by atoms with Gasteiger partial charge in [-0.2, -0.15) is 0 Å². The van der Waals surface area contributed by atoms with E-state index in [1.54, 1.807) is 0 Å². The lowest BCUT2D eigenvalue weighted by atomic mass is 10.2. The first-order valence-corrected chi connectivity index (χ1v) is 7.35. The summed E-state index contributed by atoms with van der Waals surface area (Å²) in [5, 5.41) is 3.39. The Morgan fingerprint density at radius 3 is 2.84 bits per heavy atom. The maximum atomic E-state index is 12.3. The lowest BCUT2D eigenvalue weighted by Crippen LogP contribution is -2.36. The van der Waals surface area contributed by atoms with E-state index < -0.39 is 0 Å². The van der Waals surface area contributed by atoms with Crippen molar-refractivity contribution in [3.05, 3.63) is 24.0 Å². The minimum atomic E-state index is 0.242. The van der Waals surface area contributed by atoms with Gasteiger partial charge in [0.25, 0.3) is 0 Å². The summed E-state index contributed by atoms with van der Waals surface area (Å²) in [5.74, 6) is 0.242. The molecule has 1 aromatic rings. The smallest absolute Gasteiger partial charge is 0.242 e. The van der Waals surface area contributed by atoms with Crippen LogP contribution in [0.5, 0.6) is 0 Å². The highest BCUT2D eigenvalue weighted by Gasteiger charge is 2.31. The van der Waals surface area contributed by atoms with Crippen molar-refractivity contribution in [3.63, 3.8) is 0 Å². The number of nitrogens with zero attached hydrogens (tertiary/aromatic N) is 2. The molecule has 1 atom stereocenters. The van der Waals surface area contributed by atoms with Crippen LogP contribution < -0.4 is 5.32 Å². The third-order valence-corrected chi connectivity index (χ3v) is 3.77. The van der Waals surface area contributed by atoms with E-state index in [0.29, 0.717) is 12.6 Å². The average Bonchev–Trinajstić information content (AvgIpc) is 3.09. The maximum absolute atomic E-state index is 12.3. The quantitative estimate of drug-likeness (QED) is 0.818. The Kier molecular flexibility index (Phi) is 4.64. The molecule has 4 nitrogen and oxygen atoms in total. The summed E-state index contributed by atoms with van der Waals surface area (Å²) in [5.41, 5.74) is 1.18. The third-order valence-electron chi connectivity index (χ3n) is 3.77. The Morgan fingerprint density at radius 1 is 1.53 bits per heavy atom. The maximum Gasteiger partial charge on any atom is 0.242 e. The van der Waals surface area contributed by atoms with Crippen LogP contribution in [0.3, 0.4) is 0 Å². The van der Waals surface area contributed by atoms with Crippen LogP contribution in [0.4, 0.5) is 0 Å². The molecule has 1 aliphatic rings. The Hall–Kier alpha value is -1.29. The standard InChI is InChI=1S/C15H25N3O/c1-4-16-12(3)14-7-6-10-17(14)11-15(19)18(5-2)13-8-9-13/h6-7,10,12-13,16H,4-5,8-9,11H2,1-3H3. The predicted octanol–water partition coefficient (Wildman–Crippen LogP) is 2.17. The Morgan fingerprint density at radius 2 is 2.26 bits per heavy atom. The van der Waals surface area contributed by atoms with Crippen LogP contribution in [-0.2, 0) is 11.3 Å². The molecule has 1 aliphatic carbocycles. The van der Waals surface area contributed by atoms with Crippen molar-refractivity contribution in [2.75, 3.05) is 13.1 Å². The first-order chi connectivity index (χ1) is 9.17. The van der Waals surface area contributed by atoms with Crippen molar-refractivity contribution in [2.45, 2.75) is 52.2 Å². The van der Waals surface area contributed by atoms with Gasteiger partial charge in [-0.15, -0.1) is 0 Å². The van der Waals surface area contributed by atoms with Gasteiger partial charge in [0.1, 0.15) is 6.54 Å². The number of carbonyl (C=O) groups excluding carboxylic acids is 1.